The largest absolute Gasteiger partial charge is 0.461 e. The predicted molar refractivity (Wildman–Crippen MR) is 58.7 cm³/mol. The fourth-order valence-electron chi connectivity index (χ4n) is 1.58. The van der Waals surface area contributed by atoms with Gasteiger partial charge in [0.15, 0.2) is 0 Å². The molecule has 0 rings (SSSR count). The quantitative estimate of drug-likeness (QED) is 0.252. The molecule has 0 saturated carbocycles. The maximum Gasteiger partial charge on any atom is 0.461 e. The van der Waals surface area contributed by atoms with Gasteiger partial charge in [0.1, 0.15) is 0 Å². The van der Waals surface area contributed by atoms with E-state index < -0.39 is 52.2 Å². The third-order valence-electron chi connectivity index (χ3n) is 3.55. The van der Waals surface area contributed by atoms with Crippen LogP contribution in [0.1, 0.15) is 0 Å². The fraction of sp³-hybridized carbons (Fsp3) is 1.00. The van der Waals surface area contributed by atoms with E-state index in [4.69, 9.17) is 0 Å². The standard InChI is InChI=1S/C11H9F17N/c1-29(2,3)11(27,28)9(22,23)7(18,19)5(14,15)4(12,13)6(16,17)8(20,21)10(24,25)26/h1-3H3/q+1. The molecule has 0 aliphatic heterocycles. The topological polar surface area (TPSA) is 0 Å². The number of hydrogen-bond donors (Lipinski definition) is 0. The van der Waals surface area contributed by atoms with E-state index in [1.807, 2.05) is 0 Å². The first-order valence-electron chi connectivity index (χ1n) is 6.53. The van der Waals surface area contributed by atoms with Crippen LogP contribution in [0.15, 0.2) is 0 Å². The molecule has 0 saturated heterocycles. The number of alkyl halides is 17. The average Bonchev–Trinajstić information content (AvgIpc) is 2.43. The molecule has 0 aliphatic carbocycles. The van der Waals surface area contributed by atoms with Crippen molar-refractivity contribution in [2.24, 2.45) is 0 Å². The van der Waals surface area contributed by atoms with Crippen LogP contribution in [0.3, 0.4) is 0 Å². The van der Waals surface area contributed by atoms with E-state index in [0.29, 0.717) is 0 Å². The van der Waals surface area contributed by atoms with Crippen molar-refractivity contribution in [3.8, 4) is 0 Å². The zero-order valence-electron chi connectivity index (χ0n) is 13.9. The normalized spacial score (nSPS) is 17.0. The fourth-order valence-corrected chi connectivity index (χ4v) is 1.58. The van der Waals surface area contributed by atoms with Gasteiger partial charge in [-0.25, -0.2) is 0 Å². The minimum atomic E-state index is -8.59. The van der Waals surface area contributed by atoms with Gasteiger partial charge in [0, 0.05) is 0 Å². The predicted octanol–water partition coefficient (Wildman–Crippen LogP) is 5.66. The third kappa shape index (κ3) is 3.28. The number of rotatable bonds is 7. The van der Waals surface area contributed by atoms with Gasteiger partial charge in [0.05, 0.1) is 21.1 Å². The third-order valence-corrected chi connectivity index (χ3v) is 3.55. The lowest BCUT2D eigenvalue weighted by Crippen LogP contribution is -2.77. The molecule has 0 radical (unpaired) electrons. The summed E-state index contributed by atoms with van der Waals surface area (Å²) in [5.74, 6) is -49.6. The van der Waals surface area contributed by atoms with Gasteiger partial charge in [-0.05, 0) is 0 Å². The van der Waals surface area contributed by atoms with E-state index in [-0.39, 0.29) is 21.1 Å². The number of quaternary nitrogens is 1. The molecule has 176 valence electrons. The van der Waals surface area contributed by atoms with Gasteiger partial charge < -0.3 is 0 Å². The van der Waals surface area contributed by atoms with E-state index in [1.54, 1.807) is 0 Å². The SMILES string of the molecule is C[N+](C)(C)C(F)(F)C(F)(F)C(F)(F)C(F)(F)C(F)(F)C(F)(F)C(F)(F)C(F)(F)F. The second kappa shape index (κ2) is 6.38. The Morgan fingerprint density at radius 3 is 0.759 bits per heavy atom. The molecule has 18 heteroatoms. The van der Waals surface area contributed by atoms with Crippen LogP contribution < -0.4 is 0 Å². The Morgan fingerprint density at radius 2 is 0.552 bits per heavy atom. The minimum absolute atomic E-state index is 0.0628. The number of hydrogen-bond acceptors (Lipinski definition) is 0. The monoisotopic (exact) mass is 478 g/mol. The average molecular weight is 478 g/mol. The lowest BCUT2D eigenvalue weighted by molar-refractivity contribution is -0.975. The summed E-state index contributed by atoms with van der Waals surface area (Å²) in [5.41, 5.74) is 0. The summed E-state index contributed by atoms with van der Waals surface area (Å²) < 4.78 is 217. The number of halogens is 17. The Labute approximate surface area is 149 Å². The summed E-state index contributed by atoms with van der Waals surface area (Å²) >= 11 is 0. The molecule has 0 aliphatic rings. The van der Waals surface area contributed by atoms with Crippen molar-refractivity contribution in [3.05, 3.63) is 0 Å². The van der Waals surface area contributed by atoms with Gasteiger partial charge in [-0.15, -0.1) is 8.78 Å². The van der Waals surface area contributed by atoms with Crippen LogP contribution in [0.4, 0.5) is 74.6 Å². The Bertz CT molecular complexity index is 556. The highest BCUT2D eigenvalue weighted by molar-refractivity contribution is 5.14. The van der Waals surface area contributed by atoms with Gasteiger partial charge >= 0.3 is 47.8 Å². The minimum Gasteiger partial charge on any atom is -0.265 e. The van der Waals surface area contributed by atoms with Gasteiger partial charge in [-0.3, -0.25) is 4.48 Å². The van der Waals surface area contributed by atoms with E-state index in [2.05, 4.69) is 0 Å². The smallest absolute Gasteiger partial charge is 0.265 e. The molecular weight excluding hydrogens is 469 g/mol. The molecule has 0 amide bonds. The summed E-state index contributed by atoms with van der Waals surface area (Å²) in [4.78, 5) is 0. The molecular formula is C11H9F17N+. The molecule has 0 bridgehead atoms. The van der Waals surface area contributed by atoms with Gasteiger partial charge in [0.25, 0.3) is 0 Å². The number of nitrogens with zero attached hydrogens (tertiary/aromatic N) is 1. The van der Waals surface area contributed by atoms with Crippen molar-refractivity contribution in [3.63, 3.8) is 0 Å². The highest BCUT2D eigenvalue weighted by atomic mass is 19.4. The summed E-state index contributed by atoms with van der Waals surface area (Å²) in [6, 6.07) is -6.43. The summed E-state index contributed by atoms with van der Waals surface area (Å²) in [6.07, 6.45) is -7.75. The van der Waals surface area contributed by atoms with Gasteiger partial charge in [0.2, 0.25) is 0 Å². The van der Waals surface area contributed by atoms with Crippen molar-refractivity contribution in [1.29, 1.82) is 0 Å². The van der Waals surface area contributed by atoms with E-state index >= 15 is 0 Å². The highest BCUT2D eigenvalue weighted by Gasteiger charge is 2.96. The van der Waals surface area contributed by atoms with Gasteiger partial charge in [-0.1, -0.05) is 0 Å². The summed E-state index contributed by atoms with van der Waals surface area (Å²) in [7, 11) is -0.188. The zero-order valence-corrected chi connectivity index (χ0v) is 13.9. The molecule has 0 aromatic carbocycles. The second-order valence-electron chi connectivity index (χ2n) is 6.50. The van der Waals surface area contributed by atoms with Gasteiger partial charge in [-0.2, -0.15) is 65.9 Å². The van der Waals surface area contributed by atoms with Crippen LogP contribution >= 0.6 is 0 Å². The van der Waals surface area contributed by atoms with Crippen LogP contribution in [0.5, 0.6) is 0 Å². The molecule has 0 N–H and O–H groups in total. The maximum atomic E-state index is 13.5. The van der Waals surface area contributed by atoms with Crippen molar-refractivity contribution in [2.45, 2.75) is 47.8 Å². The van der Waals surface area contributed by atoms with Crippen LogP contribution in [0.2, 0.25) is 0 Å². The van der Waals surface area contributed by atoms with Crippen LogP contribution in [-0.4, -0.2) is 73.4 Å². The van der Waals surface area contributed by atoms with E-state index in [0.717, 1.165) is 0 Å². The van der Waals surface area contributed by atoms with Crippen molar-refractivity contribution < 1.29 is 79.1 Å². The molecule has 29 heavy (non-hydrogen) atoms. The van der Waals surface area contributed by atoms with Crippen molar-refractivity contribution >= 4 is 0 Å². The lowest BCUT2D eigenvalue weighted by atomic mass is 9.90. The van der Waals surface area contributed by atoms with E-state index in [1.165, 1.54) is 0 Å². The van der Waals surface area contributed by atoms with Crippen molar-refractivity contribution in [2.75, 3.05) is 21.1 Å². The molecule has 0 fully saturated rings. The molecule has 0 spiro atoms. The first-order valence-corrected chi connectivity index (χ1v) is 6.53. The maximum absolute atomic E-state index is 13.5. The van der Waals surface area contributed by atoms with Crippen LogP contribution in [0.25, 0.3) is 0 Å². The highest BCUT2D eigenvalue weighted by Crippen LogP contribution is 2.64. The van der Waals surface area contributed by atoms with E-state index in [9.17, 15) is 74.6 Å². The molecule has 0 unspecified atom stereocenters. The Kier molecular flexibility index (Phi) is 6.11. The molecule has 0 aromatic rings. The Balaban J connectivity index is 6.82. The molecule has 1 nitrogen and oxygen atoms in total. The zero-order chi connectivity index (χ0) is 24.5. The Morgan fingerprint density at radius 1 is 0.345 bits per heavy atom. The van der Waals surface area contributed by atoms with Crippen LogP contribution in [-0.2, 0) is 0 Å². The lowest BCUT2D eigenvalue weighted by Gasteiger charge is -2.44. The molecule has 0 aromatic heterocycles. The van der Waals surface area contributed by atoms with Crippen molar-refractivity contribution in [1.82, 2.24) is 0 Å². The molecule has 0 heterocycles. The first-order chi connectivity index (χ1) is 12.0. The Hall–Kier alpha value is -1.23. The molecule has 0 atom stereocenters. The van der Waals surface area contributed by atoms with Crippen LogP contribution in [0, 0.1) is 0 Å². The summed E-state index contributed by atoms with van der Waals surface area (Å²) in [6.45, 7) is 0. The summed E-state index contributed by atoms with van der Waals surface area (Å²) in [5, 5.41) is 0. The second-order valence-corrected chi connectivity index (χ2v) is 6.50. The first kappa shape index (κ1) is 27.8.